The number of anilines is 1. The van der Waals surface area contributed by atoms with E-state index in [1.54, 1.807) is 19.7 Å². The number of fused-ring (bicyclic) bond motifs is 3. The molecule has 0 radical (unpaired) electrons. The van der Waals surface area contributed by atoms with Crippen LogP contribution in [0.2, 0.25) is 0 Å². The van der Waals surface area contributed by atoms with Gasteiger partial charge in [-0.3, -0.25) is 15.0 Å². The van der Waals surface area contributed by atoms with E-state index in [4.69, 9.17) is 14.2 Å². The molecule has 1 aliphatic heterocycles. The summed E-state index contributed by atoms with van der Waals surface area (Å²) in [5.74, 6) is 1.67. The average molecular weight is 860 g/mol. The molecule has 2 unspecified atom stereocenters. The minimum atomic E-state index is -1.04. The Morgan fingerprint density at radius 1 is 0.984 bits per heavy atom. The van der Waals surface area contributed by atoms with Gasteiger partial charge in [0.25, 0.3) is 5.91 Å². The van der Waals surface area contributed by atoms with Gasteiger partial charge >= 0.3 is 5.97 Å². The van der Waals surface area contributed by atoms with Crippen LogP contribution < -0.4 is 19.5 Å². The smallest absolute Gasteiger partial charge is 0.355 e. The van der Waals surface area contributed by atoms with E-state index in [9.17, 15) is 14.7 Å². The van der Waals surface area contributed by atoms with Crippen LogP contribution in [0.15, 0.2) is 84.4 Å². The number of aromatic nitrogens is 2. The van der Waals surface area contributed by atoms with Crippen LogP contribution in [0.4, 0.5) is 5.13 Å². The topological polar surface area (TPSA) is 126 Å². The van der Waals surface area contributed by atoms with Gasteiger partial charge < -0.3 is 24.2 Å². The number of carboxylic acids is 1. The van der Waals surface area contributed by atoms with Crippen molar-refractivity contribution in [2.24, 2.45) is 0 Å². The van der Waals surface area contributed by atoms with Crippen molar-refractivity contribution < 1.29 is 28.9 Å². The van der Waals surface area contributed by atoms with E-state index in [1.807, 2.05) is 54.6 Å². The lowest BCUT2D eigenvalue weighted by molar-refractivity contribution is 0.0687. The van der Waals surface area contributed by atoms with Crippen molar-refractivity contribution in [3.63, 3.8) is 0 Å². The third kappa shape index (κ3) is 9.75. The fraction of sp³-hybridized carbons (Fsp3) is 0.375. The Balaban J connectivity index is 0.933. The molecule has 4 aromatic carbocycles. The molecule has 2 aliphatic rings. The number of para-hydroxylation sites is 1. The molecule has 318 valence electrons. The van der Waals surface area contributed by atoms with Crippen LogP contribution in [-0.2, 0) is 32.2 Å². The number of benzene rings is 4. The fourth-order valence-electron chi connectivity index (χ4n) is 8.98. The molecule has 0 spiro atoms. The third-order valence-electron chi connectivity index (χ3n) is 12.0. The number of rotatable bonds is 18. The molecule has 2 aromatic heterocycles. The molecule has 0 bridgehead atoms. The average Bonchev–Trinajstić information content (AvgIpc) is 3.93. The Labute approximate surface area is 365 Å². The van der Waals surface area contributed by atoms with Crippen molar-refractivity contribution >= 4 is 49.9 Å². The quantitative estimate of drug-likeness (QED) is 0.0865. The number of carboxylic acid groups (broad SMARTS) is 1. The van der Waals surface area contributed by atoms with E-state index < -0.39 is 5.97 Å². The Morgan fingerprint density at radius 3 is 2.62 bits per heavy atom. The Morgan fingerprint density at radius 2 is 1.84 bits per heavy atom. The van der Waals surface area contributed by atoms with Crippen molar-refractivity contribution in [3.05, 3.63) is 128 Å². The number of aromatic carboxylic acids is 1. The number of hydrogen-bond donors (Lipinski definition) is 2. The number of carbonyl (C=O) groups excluding carboxylic acids is 1. The summed E-state index contributed by atoms with van der Waals surface area (Å²) in [4.78, 5) is 40.3. The monoisotopic (exact) mass is 859 g/mol. The van der Waals surface area contributed by atoms with E-state index in [2.05, 4.69) is 56.3 Å². The highest BCUT2D eigenvalue weighted by Crippen LogP contribution is 2.42. The molecule has 6 aromatic rings. The molecule has 3 heterocycles. The number of nitrogens with zero attached hydrogens (tertiary/aromatic N) is 4. The van der Waals surface area contributed by atoms with Crippen molar-refractivity contribution in [2.45, 2.75) is 70.4 Å². The molecule has 0 saturated heterocycles. The minimum absolute atomic E-state index is 0.0810. The minimum Gasteiger partial charge on any atom is -0.493 e. The largest absolute Gasteiger partial charge is 0.493 e. The molecule has 8 rings (SSSR count). The van der Waals surface area contributed by atoms with Crippen LogP contribution in [0.5, 0.6) is 17.2 Å². The highest BCUT2D eigenvalue weighted by Gasteiger charge is 2.30. The molecule has 0 saturated carbocycles. The number of carbonyl (C=O) groups is 2. The van der Waals surface area contributed by atoms with Gasteiger partial charge in [-0.2, -0.15) is 0 Å². The van der Waals surface area contributed by atoms with E-state index in [0.717, 1.165) is 96.9 Å². The standard InChI is InChI=1S/C48H53N5O6S2/c1-4-23-52(27-33-10-8-11-37-36(33)19-20-41(57-2)45(37)58-3)24-21-31-15-17-35(18-16-31)59-29-34(26-43-44(47(55)56)49-30-60-43)53-25-22-32-9-7-12-38(39(32)28-53)46(54)51-48-50-40-13-5-6-14-42(40)61-48/h5-7,9,12-20,30,33-34H,4,8,10-11,21-29H2,1-3H3,(H,55,56)(H,50,51,54). The lowest BCUT2D eigenvalue weighted by Gasteiger charge is -2.36. The number of thiazole rings is 2. The summed E-state index contributed by atoms with van der Waals surface area (Å²) in [6.07, 6.45) is 6.56. The Bertz CT molecular complexity index is 2430. The van der Waals surface area contributed by atoms with E-state index in [1.165, 1.54) is 45.8 Å². The van der Waals surface area contributed by atoms with Crippen molar-refractivity contribution in [2.75, 3.05) is 52.3 Å². The van der Waals surface area contributed by atoms with Gasteiger partial charge in [0, 0.05) is 54.6 Å². The number of hydrogen-bond acceptors (Lipinski definition) is 11. The van der Waals surface area contributed by atoms with Gasteiger partial charge in [0.05, 0.1) is 29.9 Å². The molecule has 1 aliphatic carbocycles. The van der Waals surface area contributed by atoms with Crippen LogP contribution in [0, 0.1) is 0 Å². The fourth-order valence-corrected chi connectivity index (χ4v) is 10.7. The van der Waals surface area contributed by atoms with Crippen LogP contribution in [0.25, 0.3) is 10.2 Å². The second-order valence-corrected chi connectivity index (χ2v) is 17.8. The molecule has 61 heavy (non-hydrogen) atoms. The first-order valence-electron chi connectivity index (χ1n) is 21.2. The zero-order valence-electron chi connectivity index (χ0n) is 35.0. The first-order valence-corrected chi connectivity index (χ1v) is 22.9. The highest BCUT2D eigenvalue weighted by molar-refractivity contribution is 7.22. The summed E-state index contributed by atoms with van der Waals surface area (Å²) in [7, 11) is 3.44. The molecule has 2 atom stereocenters. The summed E-state index contributed by atoms with van der Waals surface area (Å²) in [6.45, 7) is 6.88. The van der Waals surface area contributed by atoms with Gasteiger partial charge in [0.1, 0.15) is 12.4 Å². The van der Waals surface area contributed by atoms with E-state index >= 15 is 0 Å². The molecule has 13 heteroatoms. The summed E-state index contributed by atoms with van der Waals surface area (Å²) in [5, 5.41) is 13.5. The number of methoxy groups -OCH3 is 2. The number of amides is 1. The molecule has 0 fully saturated rings. The van der Waals surface area contributed by atoms with E-state index in [0.29, 0.717) is 41.1 Å². The summed E-state index contributed by atoms with van der Waals surface area (Å²) in [6, 6.07) is 26.2. The molecule has 2 N–H and O–H groups in total. The Kier molecular flexibility index (Phi) is 13.6. The second-order valence-electron chi connectivity index (χ2n) is 15.9. The summed E-state index contributed by atoms with van der Waals surface area (Å²) in [5.41, 5.74) is 9.17. The second kappa shape index (κ2) is 19.6. The Hall–Kier alpha value is -5.34. The number of nitrogens with one attached hydrogen (secondary N) is 1. The molecule has 1 amide bonds. The van der Waals surface area contributed by atoms with Crippen molar-refractivity contribution in [3.8, 4) is 17.2 Å². The maximum Gasteiger partial charge on any atom is 0.355 e. The highest BCUT2D eigenvalue weighted by atomic mass is 32.1. The normalized spacial score (nSPS) is 15.6. The lowest BCUT2D eigenvalue weighted by Crippen LogP contribution is -2.44. The first kappa shape index (κ1) is 42.4. The van der Waals surface area contributed by atoms with Crippen molar-refractivity contribution in [1.82, 2.24) is 19.8 Å². The van der Waals surface area contributed by atoms with E-state index in [-0.39, 0.29) is 17.6 Å². The molecular weight excluding hydrogens is 807 g/mol. The zero-order valence-corrected chi connectivity index (χ0v) is 36.7. The van der Waals surface area contributed by atoms with Crippen molar-refractivity contribution in [1.29, 1.82) is 0 Å². The SMILES string of the molecule is CCCN(CCc1ccc(OCC(Cc2scnc2C(=O)O)N2CCc3cccc(C(=O)Nc4nc5ccccc5s4)c3C2)cc1)CC1CCCc2c1ccc(OC)c2OC. The van der Waals surface area contributed by atoms with Gasteiger partial charge in [-0.15, -0.1) is 11.3 Å². The number of ether oxygens (including phenoxy) is 3. The van der Waals surface area contributed by atoms with Crippen LogP contribution >= 0.6 is 22.7 Å². The maximum atomic E-state index is 13.8. The van der Waals surface area contributed by atoms with Crippen LogP contribution in [-0.4, -0.2) is 89.8 Å². The van der Waals surface area contributed by atoms with Gasteiger partial charge in [-0.05, 0) is 110 Å². The third-order valence-corrected chi connectivity index (χ3v) is 13.9. The summed E-state index contributed by atoms with van der Waals surface area (Å²) < 4.78 is 18.9. The van der Waals surface area contributed by atoms with Gasteiger partial charge in [0.15, 0.2) is 22.3 Å². The van der Waals surface area contributed by atoms with Gasteiger partial charge in [-0.25, -0.2) is 14.8 Å². The van der Waals surface area contributed by atoms with Gasteiger partial charge in [-0.1, -0.05) is 60.7 Å². The first-order chi connectivity index (χ1) is 29.8. The summed E-state index contributed by atoms with van der Waals surface area (Å²) >= 11 is 2.81. The van der Waals surface area contributed by atoms with Gasteiger partial charge in [0.2, 0.25) is 0 Å². The zero-order chi connectivity index (χ0) is 42.3. The molecular formula is C48H53N5O6S2. The molecule has 11 nitrogen and oxygen atoms in total. The van der Waals surface area contributed by atoms with Crippen LogP contribution in [0.3, 0.4) is 0 Å². The predicted molar refractivity (Wildman–Crippen MR) is 242 cm³/mol. The van der Waals surface area contributed by atoms with Crippen LogP contribution in [0.1, 0.15) is 85.6 Å². The maximum absolute atomic E-state index is 13.8. The lowest BCUT2D eigenvalue weighted by atomic mass is 9.81. The predicted octanol–water partition coefficient (Wildman–Crippen LogP) is 9.14.